The largest absolute Gasteiger partial charge is 0.494 e. The van der Waals surface area contributed by atoms with Gasteiger partial charge < -0.3 is 15.2 Å². The SMILES string of the molecule is O=C(O)CCCCCOc1ccc([N+](=O)[O-])c(Nc2ccc3ccccc3c2)c1. The van der Waals surface area contributed by atoms with Crippen LogP contribution in [-0.2, 0) is 4.79 Å². The van der Waals surface area contributed by atoms with Crippen molar-refractivity contribution in [2.75, 3.05) is 11.9 Å². The number of nitrogens with zero attached hydrogens (tertiary/aromatic N) is 1. The summed E-state index contributed by atoms with van der Waals surface area (Å²) in [7, 11) is 0. The van der Waals surface area contributed by atoms with E-state index in [-0.39, 0.29) is 12.1 Å². The lowest BCUT2D eigenvalue weighted by Gasteiger charge is -2.11. The first-order valence-corrected chi connectivity index (χ1v) is 9.42. The lowest BCUT2D eigenvalue weighted by molar-refractivity contribution is -0.383. The highest BCUT2D eigenvalue weighted by Crippen LogP contribution is 2.32. The lowest BCUT2D eigenvalue weighted by atomic mass is 10.1. The summed E-state index contributed by atoms with van der Waals surface area (Å²) in [5, 5.41) is 25.3. The van der Waals surface area contributed by atoms with Crippen LogP contribution in [0.1, 0.15) is 25.7 Å². The van der Waals surface area contributed by atoms with E-state index < -0.39 is 10.9 Å². The number of hydrogen-bond acceptors (Lipinski definition) is 5. The molecule has 0 aromatic heterocycles. The zero-order valence-electron chi connectivity index (χ0n) is 15.8. The van der Waals surface area contributed by atoms with Crippen LogP contribution in [0.5, 0.6) is 5.75 Å². The van der Waals surface area contributed by atoms with E-state index in [4.69, 9.17) is 9.84 Å². The van der Waals surface area contributed by atoms with Crippen LogP contribution in [0.3, 0.4) is 0 Å². The van der Waals surface area contributed by atoms with Gasteiger partial charge in [-0.15, -0.1) is 0 Å². The number of fused-ring (bicyclic) bond motifs is 1. The highest BCUT2D eigenvalue weighted by molar-refractivity contribution is 5.87. The van der Waals surface area contributed by atoms with Gasteiger partial charge in [0.2, 0.25) is 0 Å². The van der Waals surface area contributed by atoms with E-state index in [1.54, 1.807) is 12.1 Å². The van der Waals surface area contributed by atoms with Crippen molar-refractivity contribution in [2.24, 2.45) is 0 Å². The third-order valence-electron chi connectivity index (χ3n) is 4.50. The van der Waals surface area contributed by atoms with Gasteiger partial charge in [0.05, 0.1) is 11.5 Å². The number of anilines is 2. The Bertz CT molecular complexity index is 1020. The minimum absolute atomic E-state index is 0.0352. The minimum atomic E-state index is -0.800. The van der Waals surface area contributed by atoms with Gasteiger partial charge in [-0.25, -0.2) is 0 Å². The molecule has 0 saturated carbocycles. The molecular formula is C22H22N2O5. The zero-order valence-corrected chi connectivity index (χ0v) is 15.8. The molecule has 0 aliphatic heterocycles. The van der Waals surface area contributed by atoms with E-state index in [1.807, 2.05) is 42.5 Å². The fraction of sp³-hybridized carbons (Fsp3) is 0.227. The fourth-order valence-electron chi connectivity index (χ4n) is 3.03. The number of nitro groups is 1. The van der Waals surface area contributed by atoms with Gasteiger partial charge in [0.25, 0.3) is 5.69 Å². The average Bonchev–Trinajstić information content (AvgIpc) is 2.70. The first kappa shape index (κ1) is 20.1. The van der Waals surface area contributed by atoms with Crippen LogP contribution in [0, 0.1) is 10.1 Å². The van der Waals surface area contributed by atoms with Crippen LogP contribution >= 0.6 is 0 Å². The van der Waals surface area contributed by atoms with Crippen LogP contribution in [0.2, 0.25) is 0 Å². The number of aliphatic carboxylic acids is 1. The molecular weight excluding hydrogens is 372 g/mol. The summed E-state index contributed by atoms with van der Waals surface area (Å²) in [4.78, 5) is 21.5. The number of rotatable bonds is 10. The zero-order chi connectivity index (χ0) is 20.6. The van der Waals surface area contributed by atoms with Crippen molar-refractivity contribution in [3.05, 3.63) is 70.8 Å². The Morgan fingerprint density at radius 2 is 1.79 bits per heavy atom. The van der Waals surface area contributed by atoms with E-state index in [1.165, 1.54) is 6.07 Å². The second-order valence-electron chi connectivity index (χ2n) is 6.68. The maximum atomic E-state index is 11.4. The number of carboxylic acids is 1. The van der Waals surface area contributed by atoms with Crippen molar-refractivity contribution < 1.29 is 19.6 Å². The van der Waals surface area contributed by atoms with Crippen molar-refractivity contribution in [2.45, 2.75) is 25.7 Å². The lowest BCUT2D eigenvalue weighted by Crippen LogP contribution is -2.01. The van der Waals surface area contributed by atoms with Crippen LogP contribution < -0.4 is 10.1 Å². The van der Waals surface area contributed by atoms with Crippen molar-refractivity contribution in [3.8, 4) is 5.75 Å². The molecule has 0 saturated heterocycles. The number of ether oxygens (including phenoxy) is 1. The van der Waals surface area contributed by atoms with Crippen molar-refractivity contribution in [1.29, 1.82) is 0 Å². The van der Waals surface area contributed by atoms with Gasteiger partial charge in [-0.2, -0.15) is 0 Å². The molecule has 3 rings (SSSR count). The predicted molar refractivity (Wildman–Crippen MR) is 112 cm³/mol. The molecule has 29 heavy (non-hydrogen) atoms. The molecule has 7 heteroatoms. The first-order chi connectivity index (χ1) is 14.0. The predicted octanol–water partition coefficient (Wildman–Crippen LogP) is 5.52. The van der Waals surface area contributed by atoms with Gasteiger partial charge in [-0.05, 0) is 48.2 Å². The van der Waals surface area contributed by atoms with E-state index in [0.717, 1.165) is 29.3 Å². The Hall–Kier alpha value is -3.61. The van der Waals surface area contributed by atoms with Crippen LogP contribution in [0.4, 0.5) is 17.1 Å². The Morgan fingerprint density at radius 1 is 1.00 bits per heavy atom. The second-order valence-corrected chi connectivity index (χ2v) is 6.68. The van der Waals surface area contributed by atoms with Crippen LogP contribution in [-0.4, -0.2) is 22.6 Å². The highest BCUT2D eigenvalue weighted by atomic mass is 16.6. The van der Waals surface area contributed by atoms with E-state index >= 15 is 0 Å². The molecule has 0 amide bonds. The molecule has 0 bridgehead atoms. The van der Waals surface area contributed by atoms with Gasteiger partial charge in [-0.3, -0.25) is 14.9 Å². The molecule has 7 nitrogen and oxygen atoms in total. The molecule has 3 aromatic carbocycles. The third-order valence-corrected chi connectivity index (χ3v) is 4.50. The number of carbonyl (C=O) groups is 1. The molecule has 3 aromatic rings. The Morgan fingerprint density at radius 3 is 2.55 bits per heavy atom. The molecule has 0 atom stereocenters. The van der Waals surface area contributed by atoms with Gasteiger partial charge in [-0.1, -0.05) is 30.3 Å². The minimum Gasteiger partial charge on any atom is -0.494 e. The summed E-state index contributed by atoms with van der Waals surface area (Å²) >= 11 is 0. The highest BCUT2D eigenvalue weighted by Gasteiger charge is 2.15. The molecule has 0 spiro atoms. The summed E-state index contributed by atoms with van der Waals surface area (Å²) < 4.78 is 5.69. The molecule has 0 aliphatic rings. The summed E-state index contributed by atoms with van der Waals surface area (Å²) in [6.45, 7) is 0.423. The fourth-order valence-corrected chi connectivity index (χ4v) is 3.03. The third kappa shape index (κ3) is 5.68. The molecule has 0 aliphatic carbocycles. The van der Waals surface area contributed by atoms with Crippen molar-refractivity contribution >= 4 is 33.8 Å². The smallest absolute Gasteiger partial charge is 0.303 e. The number of nitrogens with one attached hydrogen (secondary N) is 1. The molecule has 0 heterocycles. The van der Waals surface area contributed by atoms with Gasteiger partial charge >= 0.3 is 5.97 Å². The summed E-state index contributed by atoms with van der Waals surface area (Å²) in [5.74, 6) is -0.275. The van der Waals surface area contributed by atoms with Crippen molar-refractivity contribution in [1.82, 2.24) is 0 Å². The van der Waals surface area contributed by atoms with Crippen LogP contribution in [0.15, 0.2) is 60.7 Å². The molecule has 2 N–H and O–H groups in total. The molecule has 150 valence electrons. The number of unbranched alkanes of at least 4 members (excludes halogenated alkanes) is 2. The summed E-state index contributed by atoms with van der Waals surface area (Å²) in [6.07, 6.45) is 2.23. The number of carboxylic acid groups (broad SMARTS) is 1. The van der Waals surface area contributed by atoms with E-state index in [0.29, 0.717) is 24.5 Å². The molecule has 0 unspecified atom stereocenters. The summed E-state index contributed by atoms with van der Waals surface area (Å²) in [5.41, 5.74) is 1.07. The number of benzene rings is 3. The second kappa shape index (κ2) is 9.54. The topological polar surface area (TPSA) is 102 Å². The van der Waals surface area contributed by atoms with Gasteiger partial charge in [0, 0.05) is 24.2 Å². The van der Waals surface area contributed by atoms with Crippen LogP contribution in [0.25, 0.3) is 10.8 Å². The van der Waals surface area contributed by atoms with E-state index in [9.17, 15) is 14.9 Å². The first-order valence-electron chi connectivity index (χ1n) is 9.42. The molecule has 0 fully saturated rings. The Kier molecular flexibility index (Phi) is 6.63. The maximum Gasteiger partial charge on any atom is 0.303 e. The Labute approximate surface area is 168 Å². The maximum absolute atomic E-state index is 11.4. The van der Waals surface area contributed by atoms with E-state index in [2.05, 4.69) is 5.32 Å². The molecule has 0 radical (unpaired) electrons. The average molecular weight is 394 g/mol. The van der Waals surface area contributed by atoms with Gasteiger partial charge in [0.15, 0.2) is 0 Å². The monoisotopic (exact) mass is 394 g/mol. The Balaban J connectivity index is 1.69. The number of hydrogen-bond donors (Lipinski definition) is 2. The summed E-state index contributed by atoms with van der Waals surface area (Å²) in [6, 6.07) is 18.3. The quantitative estimate of drug-likeness (QED) is 0.267. The van der Waals surface area contributed by atoms with Gasteiger partial charge in [0.1, 0.15) is 11.4 Å². The normalized spacial score (nSPS) is 10.6. The van der Waals surface area contributed by atoms with Crippen molar-refractivity contribution in [3.63, 3.8) is 0 Å². The number of nitro benzene ring substituents is 1. The standard InChI is InChI=1S/C22H22N2O5/c25-22(26)8-2-1-5-13-29-19-11-12-21(24(27)28)20(15-19)23-18-10-9-16-6-3-4-7-17(16)14-18/h3-4,6-7,9-12,14-15,23H,1-2,5,8,13H2,(H,25,26).